The second-order valence-corrected chi connectivity index (χ2v) is 4.43. The fraction of sp³-hybridized carbons (Fsp3) is 0.143. The van der Waals surface area contributed by atoms with Crippen LogP contribution in [-0.2, 0) is 0 Å². The lowest BCUT2D eigenvalue weighted by atomic mass is 10.2. The highest BCUT2D eigenvalue weighted by Crippen LogP contribution is 2.39. The normalized spacial score (nSPS) is 10.2. The molecule has 0 heterocycles. The van der Waals surface area contributed by atoms with Gasteiger partial charge in [0.05, 0.1) is 14.4 Å². The lowest BCUT2D eigenvalue weighted by Gasteiger charge is -2.03. The van der Waals surface area contributed by atoms with Crippen molar-refractivity contribution in [3.63, 3.8) is 0 Å². The molecule has 0 aliphatic heterocycles. The lowest BCUT2D eigenvalue weighted by Crippen LogP contribution is -1.92. The molecular weight excluding hydrogens is 325 g/mol. The highest BCUT2D eigenvalue weighted by atomic mass is 79.9. The van der Waals surface area contributed by atoms with Gasteiger partial charge in [-0.05, 0) is 50.4 Å². The SMILES string of the molecule is Cc1cc(Br)c([N+](=O)[O-])c(Br)c1Cl. The second kappa shape index (κ2) is 3.94. The van der Waals surface area contributed by atoms with Crippen LogP contribution >= 0.6 is 43.5 Å². The first-order valence-corrected chi connectivity index (χ1v) is 5.20. The molecule has 0 atom stereocenters. The molecule has 1 rings (SSSR count). The Labute approximate surface area is 96.5 Å². The Kier molecular flexibility index (Phi) is 3.32. The van der Waals surface area contributed by atoms with E-state index in [-0.39, 0.29) is 5.69 Å². The first-order chi connectivity index (χ1) is 5.95. The van der Waals surface area contributed by atoms with E-state index in [1.54, 1.807) is 13.0 Å². The van der Waals surface area contributed by atoms with Crippen molar-refractivity contribution in [1.82, 2.24) is 0 Å². The monoisotopic (exact) mass is 327 g/mol. The molecule has 70 valence electrons. The zero-order valence-electron chi connectivity index (χ0n) is 6.47. The number of benzene rings is 1. The summed E-state index contributed by atoms with van der Waals surface area (Å²) in [5.74, 6) is 0. The van der Waals surface area contributed by atoms with Gasteiger partial charge in [-0.1, -0.05) is 11.6 Å². The average Bonchev–Trinajstić information content (AvgIpc) is 1.99. The molecule has 0 N–H and O–H groups in total. The molecule has 3 nitrogen and oxygen atoms in total. The highest BCUT2D eigenvalue weighted by Gasteiger charge is 2.20. The molecule has 0 amide bonds. The van der Waals surface area contributed by atoms with Gasteiger partial charge in [0.15, 0.2) is 0 Å². The summed E-state index contributed by atoms with van der Waals surface area (Å²) in [6, 6.07) is 1.62. The maximum atomic E-state index is 10.6. The van der Waals surface area contributed by atoms with Gasteiger partial charge in [0.2, 0.25) is 0 Å². The fourth-order valence-electron chi connectivity index (χ4n) is 0.871. The van der Waals surface area contributed by atoms with E-state index in [2.05, 4.69) is 31.9 Å². The number of nitrogens with zero attached hydrogens (tertiary/aromatic N) is 1. The quantitative estimate of drug-likeness (QED) is 0.443. The van der Waals surface area contributed by atoms with Crippen LogP contribution in [0.2, 0.25) is 5.02 Å². The number of nitro groups is 1. The van der Waals surface area contributed by atoms with Crippen LogP contribution in [-0.4, -0.2) is 4.92 Å². The maximum Gasteiger partial charge on any atom is 0.299 e. The molecule has 13 heavy (non-hydrogen) atoms. The minimum Gasteiger partial charge on any atom is -0.258 e. The predicted octanol–water partition coefficient (Wildman–Crippen LogP) is 4.08. The van der Waals surface area contributed by atoms with Crippen LogP contribution in [0.1, 0.15) is 5.56 Å². The third-order valence-electron chi connectivity index (χ3n) is 1.50. The van der Waals surface area contributed by atoms with Crippen molar-refractivity contribution in [2.24, 2.45) is 0 Å². The van der Waals surface area contributed by atoms with Crippen LogP contribution in [0.25, 0.3) is 0 Å². The first-order valence-electron chi connectivity index (χ1n) is 3.23. The standard InChI is InChI=1S/C7H4Br2ClNO2/c1-3-2-4(8)7(11(12)13)5(9)6(3)10/h2H,1H3. The molecule has 0 aliphatic rings. The first kappa shape index (κ1) is 10.9. The summed E-state index contributed by atoms with van der Waals surface area (Å²) < 4.78 is 0.734. The van der Waals surface area contributed by atoms with Gasteiger partial charge in [0.25, 0.3) is 5.69 Å². The maximum absolute atomic E-state index is 10.6. The number of hydrogen-bond acceptors (Lipinski definition) is 2. The summed E-state index contributed by atoms with van der Waals surface area (Å²) in [7, 11) is 0. The van der Waals surface area contributed by atoms with Crippen molar-refractivity contribution in [1.29, 1.82) is 0 Å². The van der Waals surface area contributed by atoms with E-state index in [4.69, 9.17) is 11.6 Å². The summed E-state index contributed by atoms with van der Waals surface area (Å²) in [4.78, 5) is 10.1. The predicted molar refractivity (Wildman–Crippen MR) is 58.2 cm³/mol. The van der Waals surface area contributed by atoms with Crippen molar-refractivity contribution in [3.8, 4) is 0 Å². The van der Waals surface area contributed by atoms with Gasteiger partial charge in [-0.3, -0.25) is 10.1 Å². The van der Waals surface area contributed by atoms with Gasteiger partial charge in [-0.15, -0.1) is 0 Å². The zero-order valence-corrected chi connectivity index (χ0v) is 10.4. The molecule has 0 bridgehead atoms. The minimum absolute atomic E-state index is 0.0457. The largest absolute Gasteiger partial charge is 0.299 e. The molecular formula is C7H4Br2ClNO2. The third-order valence-corrected chi connectivity index (χ3v) is 3.59. The molecule has 1 aromatic carbocycles. The zero-order chi connectivity index (χ0) is 10.2. The highest BCUT2D eigenvalue weighted by molar-refractivity contribution is 9.11. The van der Waals surface area contributed by atoms with Crippen molar-refractivity contribution < 1.29 is 4.92 Å². The topological polar surface area (TPSA) is 43.1 Å². The number of halogens is 3. The van der Waals surface area contributed by atoms with E-state index >= 15 is 0 Å². The van der Waals surface area contributed by atoms with Gasteiger partial charge in [0.1, 0.15) is 4.47 Å². The molecule has 0 radical (unpaired) electrons. The average molecular weight is 329 g/mol. The number of aryl methyl sites for hydroxylation is 1. The Morgan fingerprint density at radius 3 is 2.54 bits per heavy atom. The number of hydrogen-bond donors (Lipinski definition) is 0. The fourth-order valence-corrected chi connectivity index (χ4v) is 2.64. The molecule has 1 aromatic rings. The summed E-state index contributed by atoms with van der Waals surface area (Å²) in [5.41, 5.74) is 0.738. The van der Waals surface area contributed by atoms with Crippen molar-refractivity contribution in [2.45, 2.75) is 6.92 Å². The Morgan fingerprint density at radius 2 is 2.08 bits per heavy atom. The van der Waals surface area contributed by atoms with Crippen molar-refractivity contribution in [2.75, 3.05) is 0 Å². The van der Waals surface area contributed by atoms with Crippen molar-refractivity contribution >= 4 is 49.1 Å². The molecule has 0 aliphatic carbocycles. The van der Waals surface area contributed by atoms with Crippen LogP contribution in [0.5, 0.6) is 0 Å². The van der Waals surface area contributed by atoms with Crippen LogP contribution < -0.4 is 0 Å². The molecule has 0 unspecified atom stereocenters. The number of nitro benzene ring substituents is 1. The van der Waals surface area contributed by atoms with E-state index in [0.29, 0.717) is 14.0 Å². The lowest BCUT2D eigenvalue weighted by molar-refractivity contribution is -0.386. The van der Waals surface area contributed by atoms with E-state index in [9.17, 15) is 10.1 Å². The Morgan fingerprint density at radius 1 is 1.54 bits per heavy atom. The summed E-state index contributed by atoms with van der Waals surface area (Å²) in [6.07, 6.45) is 0. The van der Waals surface area contributed by atoms with E-state index < -0.39 is 4.92 Å². The minimum atomic E-state index is -0.487. The van der Waals surface area contributed by atoms with Gasteiger partial charge in [-0.2, -0.15) is 0 Å². The van der Waals surface area contributed by atoms with Crippen LogP contribution in [0.3, 0.4) is 0 Å². The molecule has 0 spiro atoms. The van der Waals surface area contributed by atoms with E-state index in [1.165, 1.54) is 0 Å². The summed E-state index contributed by atoms with van der Waals surface area (Å²) in [6.45, 7) is 1.78. The van der Waals surface area contributed by atoms with Gasteiger partial charge in [-0.25, -0.2) is 0 Å². The van der Waals surface area contributed by atoms with Crippen LogP contribution in [0.4, 0.5) is 5.69 Å². The second-order valence-electron chi connectivity index (χ2n) is 2.41. The molecule has 6 heteroatoms. The smallest absolute Gasteiger partial charge is 0.258 e. The van der Waals surface area contributed by atoms with E-state index in [0.717, 1.165) is 5.56 Å². The van der Waals surface area contributed by atoms with Gasteiger partial charge >= 0.3 is 0 Å². The van der Waals surface area contributed by atoms with E-state index in [1.807, 2.05) is 0 Å². The molecule has 0 fully saturated rings. The third kappa shape index (κ3) is 2.03. The Bertz CT molecular complexity index is 381. The number of rotatable bonds is 1. The molecule has 0 aromatic heterocycles. The van der Waals surface area contributed by atoms with Gasteiger partial charge in [0, 0.05) is 0 Å². The summed E-state index contributed by atoms with van der Waals surface area (Å²) >= 11 is 12.0. The Balaban J connectivity index is 3.53. The molecule has 0 saturated heterocycles. The van der Waals surface area contributed by atoms with Crippen molar-refractivity contribution in [3.05, 3.63) is 35.7 Å². The molecule has 0 saturated carbocycles. The van der Waals surface area contributed by atoms with Crippen LogP contribution in [0, 0.1) is 17.0 Å². The Hall–Kier alpha value is -0.130. The summed E-state index contributed by atoms with van der Waals surface area (Å²) in [5, 5.41) is 11.0. The van der Waals surface area contributed by atoms with Gasteiger partial charge < -0.3 is 0 Å². The van der Waals surface area contributed by atoms with Crippen LogP contribution in [0.15, 0.2) is 15.0 Å².